The number of nitrogens with zero attached hydrogens (tertiary/aromatic N) is 1. The third-order valence-electron chi connectivity index (χ3n) is 3.19. The van der Waals surface area contributed by atoms with Crippen LogP contribution < -0.4 is 10.6 Å². The van der Waals surface area contributed by atoms with Crippen LogP contribution in [0.4, 0.5) is 4.39 Å². The van der Waals surface area contributed by atoms with Crippen LogP contribution in [-0.2, 0) is 4.79 Å². The van der Waals surface area contributed by atoms with E-state index < -0.39 is 11.9 Å². The Bertz CT molecular complexity index is 729. The van der Waals surface area contributed by atoms with Gasteiger partial charge >= 0.3 is 0 Å². The molecule has 2 aromatic rings. The Hall–Kier alpha value is -1.99. The van der Waals surface area contributed by atoms with E-state index in [2.05, 4.69) is 15.6 Å². The van der Waals surface area contributed by atoms with E-state index in [1.165, 1.54) is 18.3 Å². The Balaban J connectivity index is 1.78. The van der Waals surface area contributed by atoms with E-state index in [1.54, 1.807) is 6.07 Å². The van der Waals surface area contributed by atoms with Crippen molar-refractivity contribution in [1.82, 2.24) is 15.6 Å². The Kier molecular flexibility index (Phi) is 4.08. The van der Waals surface area contributed by atoms with Crippen molar-refractivity contribution in [2.24, 2.45) is 0 Å². The molecule has 0 aliphatic carbocycles. The number of hydrogen-bond donors (Lipinski definition) is 2. The highest BCUT2D eigenvalue weighted by Gasteiger charge is 2.26. The summed E-state index contributed by atoms with van der Waals surface area (Å²) in [5.74, 6) is -1.02. The molecule has 0 bridgehead atoms. The van der Waals surface area contributed by atoms with Gasteiger partial charge in [-0.3, -0.25) is 9.59 Å². The van der Waals surface area contributed by atoms with Gasteiger partial charge in [-0.05, 0) is 24.6 Å². The van der Waals surface area contributed by atoms with Crippen LogP contribution in [-0.4, -0.2) is 29.4 Å². The van der Waals surface area contributed by atoms with Gasteiger partial charge in [0.25, 0.3) is 5.91 Å². The molecule has 0 spiro atoms. The quantitative estimate of drug-likeness (QED) is 0.900. The van der Waals surface area contributed by atoms with Crippen LogP contribution >= 0.6 is 22.9 Å². The Morgan fingerprint density at radius 3 is 2.95 bits per heavy atom. The molecule has 2 amide bonds. The average Bonchev–Trinajstić information content (AvgIpc) is 3.08. The van der Waals surface area contributed by atoms with Crippen LogP contribution in [0.2, 0.25) is 5.02 Å². The fraction of sp³-hybridized carbons (Fsp3) is 0.214. The Morgan fingerprint density at radius 2 is 2.27 bits per heavy atom. The van der Waals surface area contributed by atoms with Crippen molar-refractivity contribution < 1.29 is 14.0 Å². The number of carbonyl (C=O) groups excluding carboxylic acids is 2. The molecule has 5 nitrogen and oxygen atoms in total. The predicted molar refractivity (Wildman–Crippen MR) is 81.4 cm³/mol. The first kappa shape index (κ1) is 14.9. The SMILES string of the molecule is O=C(N[C@H]1CCNC1=O)c1cnc(-c2cc(F)cc(Cl)c2)s1. The van der Waals surface area contributed by atoms with E-state index in [9.17, 15) is 14.0 Å². The third-order valence-corrected chi connectivity index (χ3v) is 4.46. The van der Waals surface area contributed by atoms with Gasteiger partial charge in [-0.25, -0.2) is 9.37 Å². The van der Waals surface area contributed by atoms with Crippen molar-refractivity contribution in [3.63, 3.8) is 0 Å². The molecule has 1 aliphatic rings. The maximum Gasteiger partial charge on any atom is 0.263 e. The number of rotatable bonds is 3. The predicted octanol–water partition coefficient (Wildman–Crippen LogP) is 2.22. The van der Waals surface area contributed by atoms with E-state index in [4.69, 9.17) is 11.6 Å². The normalized spacial score (nSPS) is 17.4. The van der Waals surface area contributed by atoms with Crippen LogP contribution in [0.1, 0.15) is 16.1 Å². The smallest absolute Gasteiger partial charge is 0.263 e. The van der Waals surface area contributed by atoms with Crippen LogP contribution in [0.25, 0.3) is 10.6 Å². The highest BCUT2D eigenvalue weighted by atomic mass is 35.5. The van der Waals surface area contributed by atoms with Crippen LogP contribution in [0.5, 0.6) is 0 Å². The summed E-state index contributed by atoms with van der Waals surface area (Å²) in [5, 5.41) is 6.05. The molecule has 2 N–H and O–H groups in total. The van der Waals surface area contributed by atoms with Gasteiger partial charge in [-0.2, -0.15) is 0 Å². The van der Waals surface area contributed by atoms with E-state index in [0.29, 0.717) is 28.4 Å². The molecular weight excluding hydrogens is 329 g/mol. The van der Waals surface area contributed by atoms with E-state index in [-0.39, 0.29) is 16.8 Å². The number of aromatic nitrogens is 1. The zero-order valence-electron chi connectivity index (χ0n) is 11.2. The number of carbonyl (C=O) groups is 2. The maximum atomic E-state index is 13.4. The molecule has 1 fully saturated rings. The van der Waals surface area contributed by atoms with Crippen LogP contribution in [0.15, 0.2) is 24.4 Å². The molecule has 1 aromatic heterocycles. The number of amides is 2. The summed E-state index contributed by atoms with van der Waals surface area (Å²) in [6.07, 6.45) is 1.97. The first-order chi connectivity index (χ1) is 10.5. The number of nitrogens with one attached hydrogen (secondary N) is 2. The topological polar surface area (TPSA) is 71.1 Å². The highest BCUT2D eigenvalue weighted by Crippen LogP contribution is 2.28. The second-order valence-corrected chi connectivity index (χ2v) is 6.26. The summed E-state index contributed by atoms with van der Waals surface area (Å²) in [4.78, 5) is 28.0. The molecule has 1 aromatic carbocycles. The molecule has 1 aliphatic heterocycles. The zero-order valence-corrected chi connectivity index (χ0v) is 12.8. The molecule has 0 unspecified atom stereocenters. The van der Waals surface area contributed by atoms with Gasteiger partial charge in [-0.1, -0.05) is 11.6 Å². The van der Waals surface area contributed by atoms with Gasteiger partial charge in [0.2, 0.25) is 5.91 Å². The largest absolute Gasteiger partial charge is 0.354 e. The molecule has 8 heteroatoms. The lowest BCUT2D eigenvalue weighted by atomic mass is 10.2. The first-order valence-electron chi connectivity index (χ1n) is 6.54. The van der Waals surface area contributed by atoms with Crippen molar-refractivity contribution >= 4 is 34.8 Å². The molecule has 22 heavy (non-hydrogen) atoms. The van der Waals surface area contributed by atoms with Gasteiger partial charge in [0.15, 0.2) is 0 Å². The fourth-order valence-corrected chi connectivity index (χ4v) is 3.18. The van der Waals surface area contributed by atoms with Crippen LogP contribution in [0, 0.1) is 5.82 Å². The molecule has 1 atom stereocenters. The summed E-state index contributed by atoms with van der Waals surface area (Å²) in [6.45, 7) is 0.555. The zero-order chi connectivity index (χ0) is 15.7. The minimum atomic E-state index is -0.512. The minimum Gasteiger partial charge on any atom is -0.354 e. The second kappa shape index (κ2) is 6.02. The monoisotopic (exact) mass is 339 g/mol. The number of halogens is 2. The van der Waals surface area contributed by atoms with Gasteiger partial charge in [-0.15, -0.1) is 11.3 Å². The minimum absolute atomic E-state index is 0.185. The number of thiazole rings is 1. The summed E-state index contributed by atoms with van der Waals surface area (Å²) >= 11 is 6.93. The van der Waals surface area contributed by atoms with Gasteiger partial charge in [0, 0.05) is 17.1 Å². The summed E-state index contributed by atoms with van der Waals surface area (Å²) < 4.78 is 13.4. The van der Waals surface area contributed by atoms with Gasteiger partial charge in [0.1, 0.15) is 21.7 Å². The van der Waals surface area contributed by atoms with Gasteiger partial charge < -0.3 is 10.6 Å². The van der Waals surface area contributed by atoms with Gasteiger partial charge in [0.05, 0.1) is 6.20 Å². The number of hydrogen-bond acceptors (Lipinski definition) is 4. The average molecular weight is 340 g/mol. The van der Waals surface area contributed by atoms with E-state index in [1.807, 2.05) is 0 Å². The van der Waals surface area contributed by atoms with Crippen molar-refractivity contribution in [1.29, 1.82) is 0 Å². The number of benzene rings is 1. The lowest BCUT2D eigenvalue weighted by molar-refractivity contribution is -0.120. The van der Waals surface area contributed by atoms with Crippen LogP contribution in [0.3, 0.4) is 0 Å². The van der Waals surface area contributed by atoms with Crippen molar-refractivity contribution in [3.05, 3.63) is 40.1 Å². The van der Waals surface area contributed by atoms with E-state index in [0.717, 1.165) is 11.3 Å². The lowest BCUT2D eigenvalue weighted by Gasteiger charge is -2.07. The summed E-state index contributed by atoms with van der Waals surface area (Å²) in [7, 11) is 0. The Labute approximate surface area is 134 Å². The molecule has 0 radical (unpaired) electrons. The molecule has 3 rings (SSSR count). The first-order valence-corrected chi connectivity index (χ1v) is 7.73. The van der Waals surface area contributed by atoms with Crippen molar-refractivity contribution in [2.75, 3.05) is 6.54 Å². The molecule has 2 heterocycles. The summed E-state index contributed by atoms with van der Waals surface area (Å²) in [5.41, 5.74) is 0.507. The third kappa shape index (κ3) is 3.10. The summed E-state index contributed by atoms with van der Waals surface area (Å²) in [6, 6.07) is 3.57. The molecule has 114 valence electrons. The lowest BCUT2D eigenvalue weighted by Crippen LogP contribution is -2.39. The maximum absolute atomic E-state index is 13.4. The molecular formula is C14H11ClFN3O2S. The second-order valence-electron chi connectivity index (χ2n) is 4.79. The van der Waals surface area contributed by atoms with Crippen molar-refractivity contribution in [3.8, 4) is 10.6 Å². The fourth-order valence-electron chi connectivity index (χ4n) is 2.15. The highest BCUT2D eigenvalue weighted by molar-refractivity contribution is 7.16. The molecule has 1 saturated heterocycles. The van der Waals surface area contributed by atoms with E-state index >= 15 is 0 Å². The standard InChI is InChI=1S/C14H11ClFN3O2S/c15-8-3-7(4-9(16)5-8)14-18-6-11(22-14)13(21)19-10-1-2-17-12(10)20/h3-6,10H,1-2H2,(H,17,20)(H,19,21)/t10-/m0/s1. The Morgan fingerprint density at radius 1 is 1.45 bits per heavy atom. The van der Waals surface area contributed by atoms with Crippen molar-refractivity contribution in [2.45, 2.75) is 12.5 Å². The molecule has 0 saturated carbocycles.